The Kier molecular flexibility index (Phi) is 11.0. The smallest absolute Gasteiger partial charge is 0.119 e. The minimum atomic E-state index is 0. The summed E-state index contributed by atoms with van der Waals surface area (Å²) < 4.78 is 18.1. The summed E-state index contributed by atoms with van der Waals surface area (Å²) in [6, 6.07) is 33.9. The van der Waals surface area contributed by atoms with Gasteiger partial charge in [0.05, 0.1) is 32.5 Å². The second-order valence-corrected chi connectivity index (χ2v) is 9.44. The number of fused-ring (bicyclic) bond motifs is 1. The van der Waals surface area contributed by atoms with E-state index in [0.29, 0.717) is 32.3 Å². The minimum Gasteiger partial charge on any atom is -0.494 e. The summed E-state index contributed by atoms with van der Waals surface area (Å²) >= 11 is 0. The van der Waals surface area contributed by atoms with Crippen LogP contribution in [-0.4, -0.2) is 62.0 Å². The monoisotopic (exact) mass is 504 g/mol. The number of rotatable bonds is 11. The van der Waals surface area contributed by atoms with Crippen molar-refractivity contribution >= 4 is 40.3 Å². The molecule has 1 radical (unpaired) electrons. The van der Waals surface area contributed by atoms with Crippen LogP contribution in [0.2, 0.25) is 0 Å². The van der Waals surface area contributed by atoms with Gasteiger partial charge in [-0.05, 0) is 58.6 Å². The summed E-state index contributed by atoms with van der Waals surface area (Å²) in [6.45, 7) is 4.51. The third-order valence-electron chi connectivity index (χ3n) is 6.83. The third-order valence-corrected chi connectivity index (χ3v) is 6.83. The molecule has 187 valence electrons. The van der Waals surface area contributed by atoms with E-state index < -0.39 is 0 Å². The van der Waals surface area contributed by atoms with Gasteiger partial charge in [0.2, 0.25) is 0 Å². The van der Waals surface area contributed by atoms with E-state index in [-0.39, 0.29) is 35.7 Å². The van der Waals surface area contributed by atoms with Crippen LogP contribution < -0.4 is 10.1 Å². The Balaban J connectivity index is 0.00000320. The van der Waals surface area contributed by atoms with E-state index in [2.05, 4.69) is 84.2 Å². The van der Waals surface area contributed by atoms with E-state index >= 15 is 0 Å². The van der Waals surface area contributed by atoms with Crippen molar-refractivity contribution in [1.82, 2.24) is 5.32 Å². The molecule has 1 N–H and O–H groups in total. The zero-order chi connectivity index (χ0) is 24.4. The fourth-order valence-corrected chi connectivity index (χ4v) is 4.84. The van der Waals surface area contributed by atoms with Crippen LogP contribution in [0.25, 0.3) is 10.8 Å². The van der Waals surface area contributed by atoms with Crippen LogP contribution >= 0.6 is 0 Å². The topological polar surface area (TPSA) is 39.7 Å². The van der Waals surface area contributed by atoms with Crippen LogP contribution in [0.5, 0.6) is 5.75 Å². The summed E-state index contributed by atoms with van der Waals surface area (Å²) in [4.78, 5) is 0. The predicted octanol–water partition coefficient (Wildman–Crippen LogP) is 6.11. The van der Waals surface area contributed by atoms with Crippen molar-refractivity contribution in [2.45, 2.75) is 38.1 Å². The first kappa shape index (κ1) is 27.8. The predicted molar refractivity (Wildman–Crippen MR) is 151 cm³/mol. The summed E-state index contributed by atoms with van der Waals surface area (Å²) in [6.07, 6.45) is 2.09. The van der Waals surface area contributed by atoms with Crippen LogP contribution in [0.1, 0.15) is 35.4 Å². The molecule has 0 amide bonds. The van der Waals surface area contributed by atoms with E-state index in [0.717, 1.165) is 31.7 Å². The number of nitrogens with one attached hydrogen (secondary N) is 1. The summed E-state index contributed by atoms with van der Waals surface area (Å²) in [5.74, 6) is 1.29. The number of benzene rings is 4. The summed E-state index contributed by atoms with van der Waals surface area (Å²) in [5.41, 5.74) is 3.74. The Hall–Kier alpha value is -2.18. The van der Waals surface area contributed by atoms with Crippen molar-refractivity contribution < 1.29 is 14.2 Å². The van der Waals surface area contributed by atoms with Crippen LogP contribution in [0.15, 0.2) is 97.1 Å². The molecule has 0 aromatic heterocycles. The van der Waals surface area contributed by atoms with E-state index in [4.69, 9.17) is 14.2 Å². The molecule has 1 fully saturated rings. The molecule has 4 aromatic rings. The molecule has 0 saturated carbocycles. The van der Waals surface area contributed by atoms with Gasteiger partial charge in [-0.15, -0.1) is 0 Å². The number of piperidine rings is 1. The normalized spacial score (nSPS) is 17.3. The molecular weight excluding hydrogens is 469 g/mol. The maximum atomic E-state index is 6.44. The Labute approximate surface area is 242 Å². The maximum absolute atomic E-state index is 6.44. The van der Waals surface area contributed by atoms with E-state index in [1.165, 1.54) is 27.5 Å². The van der Waals surface area contributed by atoms with Crippen LogP contribution in [0, 0.1) is 0 Å². The van der Waals surface area contributed by atoms with Crippen molar-refractivity contribution in [2.24, 2.45) is 0 Å². The summed E-state index contributed by atoms with van der Waals surface area (Å²) in [7, 11) is 0. The molecule has 4 nitrogen and oxygen atoms in total. The van der Waals surface area contributed by atoms with Gasteiger partial charge in [0.1, 0.15) is 5.75 Å². The number of hydrogen-bond acceptors (Lipinski definition) is 4. The van der Waals surface area contributed by atoms with Gasteiger partial charge < -0.3 is 19.5 Å². The first-order valence-electron chi connectivity index (χ1n) is 13.0. The molecule has 0 bridgehead atoms. The van der Waals surface area contributed by atoms with Crippen LogP contribution in [0.3, 0.4) is 0 Å². The van der Waals surface area contributed by atoms with E-state index in [1.807, 2.05) is 18.2 Å². The molecule has 2 atom stereocenters. The van der Waals surface area contributed by atoms with E-state index in [1.54, 1.807) is 0 Å². The number of hydrogen-bond donors (Lipinski definition) is 1. The molecule has 2 unspecified atom stereocenters. The molecule has 1 saturated heterocycles. The van der Waals surface area contributed by atoms with Gasteiger partial charge in [-0.3, -0.25) is 0 Å². The average Bonchev–Trinajstić information content (AvgIpc) is 2.95. The Morgan fingerprint density at radius 3 is 2.35 bits per heavy atom. The molecule has 5 rings (SSSR count). The molecule has 1 aliphatic rings. The average molecular weight is 505 g/mol. The van der Waals surface area contributed by atoms with Gasteiger partial charge in [0.15, 0.2) is 0 Å². The van der Waals surface area contributed by atoms with Crippen molar-refractivity contribution in [3.8, 4) is 5.75 Å². The first-order valence-corrected chi connectivity index (χ1v) is 13.0. The Bertz CT molecular complexity index is 1220. The molecule has 1 aliphatic heterocycles. The van der Waals surface area contributed by atoms with Crippen LogP contribution in [-0.2, 0) is 22.7 Å². The maximum Gasteiger partial charge on any atom is 0.119 e. The van der Waals surface area contributed by atoms with Gasteiger partial charge in [-0.1, -0.05) is 78.9 Å². The van der Waals surface area contributed by atoms with Gasteiger partial charge >= 0.3 is 0 Å². The molecule has 1 heterocycles. The second-order valence-electron chi connectivity index (χ2n) is 9.44. The zero-order valence-corrected chi connectivity index (χ0v) is 23.8. The standard InChI is InChI=1S/C32H35NO3.Na/c1-2-7-25(8-3-1)23-34-19-6-20-35-30-15-13-28(14-16-30)31-17-18-33-22-32(31)36-24-26-11-12-27-9-4-5-10-29(27)21-26;/h1-5,7-16,21,31-33H,6,17-20,22-24H2;. The fraction of sp³-hybridized carbons (Fsp3) is 0.312. The quantitative estimate of drug-likeness (QED) is 0.198. The Morgan fingerprint density at radius 2 is 1.51 bits per heavy atom. The van der Waals surface area contributed by atoms with Gasteiger partial charge in [-0.25, -0.2) is 0 Å². The zero-order valence-electron chi connectivity index (χ0n) is 21.8. The van der Waals surface area contributed by atoms with Crippen molar-refractivity contribution in [3.05, 3.63) is 114 Å². The van der Waals surface area contributed by atoms with E-state index in [9.17, 15) is 0 Å². The summed E-state index contributed by atoms with van der Waals surface area (Å²) in [5, 5.41) is 6.03. The van der Waals surface area contributed by atoms with Crippen molar-refractivity contribution in [2.75, 3.05) is 26.3 Å². The van der Waals surface area contributed by atoms with Crippen molar-refractivity contribution in [1.29, 1.82) is 0 Å². The van der Waals surface area contributed by atoms with Gasteiger partial charge in [0.25, 0.3) is 0 Å². The van der Waals surface area contributed by atoms with Gasteiger partial charge in [0, 0.05) is 48.4 Å². The second kappa shape index (κ2) is 14.7. The number of ether oxygens (including phenoxy) is 3. The first-order chi connectivity index (χ1) is 17.8. The molecule has 4 aromatic carbocycles. The van der Waals surface area contributed by atoms with Gasteiger partial charge in [-0.2, -0.15) is 0 Å². The molecule has 5 heteroatoms. The SMILES string of the molecule is [Na].c1ccc(COCCCOc2ccc(C3CCNCC3OCc3ccc4ccccc4c3)cc2)cc1. The molecule has 0 aliphatic carbocycles. The van der Waals surface area contributed by atoms with Crippen LogP contribution in [0.4, 0.5) is 0 Å². The Morgan fingerprint density at radius 1 is 0.730 bits per heavy atom. The molecule has 37 heavy (non-hydrogen) atoms. The molecule has 0 spiro atoms. The minimum absolute atomic E-state index is 0. The third kappa shape index (κ3) is 8.15. The fourth-order valence-electron chi connectivity index (χ4n) is 4.84. The largest absolute Gasteiger partial charge is 0.494 e. The molecular formula is C32H35NNaO3. The van der Waals surface area contributed by atoms with Crippen molar-refractivity contribution in [3.63, 3.8) is 0 Å².